The van der Waals surface area contributed by atoms with Crippen LogP contribution < -0.4 is 0 Å². The molecule has 10 heteroatoms. The van der Waals surface area contributed by atoms with Gasteiger partial charge in [-0.3, -0.25) is 0 Å². The molecule has 0 amide bonds. The Kier molecular flexibility index (Phi) is 3.49. The van der Waals surface area contributed by atoms with Gasteiger partial charge in [0.1, 0.15) is 0 Å². The topological polar surface area (TPSA) is 89.3 Å². The predicted octanol–water partition coefficient (Wildman–Crippen LogP) is 1.86. The number of aromatic carboxylic acids is 1. The maximum atomic E-state index is 12.4. The highest BCUT2D eigenvalue weighted by Crippen LogP contribution is 2.30. The summed E-state index contributed by atoms with van der Waals surface area (Å²) in [6.45, 7) is 0. The maximum absolute atomic E-state index is 12.4. The zero-order chi connectivity index (χ0) is 15.8. The summed E-state index contributed by atoms with van der Waals surface area (Å²) in [7, 11) is -5.41. The molecule has 0 saturated heterocycles. The number of carboxylic acid groups (broad SMARTS) is 1. The van der Waals surface area contributed by atoms with Crippen LogP contribution in [0.4, 0.5) is 13.2 Å². The zero-order valence-corrected chi connectivity index (χ0v) is 10.9. The van der Waals surface area contributed by atoms with Gasteiger partial charge in [0.2, 0.25) is 0 Å². The number of carbonyl (C=O) groups is 1. The Morgan fingerprint density at radius 2 is 1.71 bits per heavy atom. The van der Waals surface area contributed by atoms with E-state index in [0.717, 1.165) is 28.9 Å². The molecule has 0 radical (unpaired) electrons. The number of halogens is 3. The third-order valence-corrected chi connectivity index (χ3v) is 4.03. The van der Waals surface area contributed by atoms with Gasteiger partial charge in [-0.05, 0) is 30.3 Å². The highest BCUT2D eigenvalue weighted by atomic mass is 32.2. The van der Waals surface area contributed by atoms with Gasteiger partial charge in [0, 0.05) is 6.20 Å². The predicted molar refractivity (Wildman–Crippen MR) is 63.8 cm³/mol. The third-order valence-electron chi connectivity index (χ3n) is 2.52. The number of rotatable bonds is 3. The number of aromatic nitrogens is 2. The zero-order valence-electron chi connectivity index (χ0n) is 10.1. The van der Waals surface area contributed by atoms with Gasteiger partial charge in [-0.15, -0.1) is 0 Å². The Balaban J connectivity index is 2.37. The molecule has 0 aliphatic carbocycles. The summed E-state index contributed by atoms with van der Waals surface area (Å²) in [6.07, 6.45) is 1.29. The Hall–Kier alpha value is -2.36. The van der Waals surface area contributed by atoms with Crippen molar-refractivity contribution >= 4 is 15.8 Å². The molecule has 112 valence electrons. The summed E-state index contributed by atoms with van der Waals surface area (Å²) < 4.78 is 60.5. The lowest BCUT2D eigenvalue weighted by Gasteiger charge is -2.08. The molecule has 0 fully saturated rings. The van der Waals surface area contributed by atoms with Crippen LogP contribution in [0.25, 0.3) is 5.69 Å². The first kappa shape index (κ1) is 15.0. The largest absolute Gasteiger partial charge is 0.501 e. The van der Waals surface area contributed by atoms with E-state index in [1.54, 1.807) is 0 Å². The van der Waals surface area contributed by atoms with Crippen molar-refractivity contribution in [2.75, 3.05) is 0 Å². The molecule has 0 aliphatic rings. The molecular formula is C11H7F3N2O4S. The number of nitrogens with zero attached hydrogens (tertiary/aromatic N) is 2. The Labute approximate surface area is 116 Å². The van der Waals surface area contributed by atoms with E-state index in [1.807, 2.05) is 0 Å². The van der Waals surface area contributed by atoms with Crippen molar-refractivity contribution < 1.29 is 31.5 Å². The van der Waals surface area contributed by atoms with Crippen molar-refractivity contribution in [1.82, 2.24) is 9.78 Å². The van der Waals surface area contributed by atoms with Crippen LogP contribution in [0.5, 0.6) is 0 Å². The first-order valence-corrected chi connectivity index (χ1v) is 6.82. The third kappa shape index (κ3) is 2.75. The molecule has 0 spiro atoms. The average molecular weight is 320 g/mol. The first-order valence-electron chi connectivity index (χ1n) is 5.34. The van der Waals surface area contributed by atoms with Crippen molar-refractivity contribution in [1.29, 1.82) is 0 Å². The van der Waals surface area contributed by atoms with Crippen molar-refractivity contribution in [2.24, 2.45) is 0 Å². The van der Waals surface area contributed by atoms with Gasteiger partial charge >= 0.3 is 11.5 Å². The molecule has 1 aromatic carbocycles. The van der Waals surface area contributed by atoms with Crippen LogP contribution in [0.1, 0.15) is 10.5 Å². The monoisotopic (exact) mass is 320 g/mol. The van der Waals surface area contributed by atoms with Crippen molar-refractivity contribution in [2.45, 2.75) is 10.4 Å². The Morgan fingerprint density at radius 1 is 1.14 bits per heavy atom. The minimum absolute atomic E-state index is 0.226. The van der Waals surface area contributed by atoms with Gasteiger partial charge < -0.3 is 5.11 Å². The van der Waals surface area contributed by atoms with Crippen LogP contribution >= 0.6 is 0 Å². The van der Waals surface area contributed by atoms with E-state index in [9.17, 15) is 26.4 Å². The Morgan fingerprint density at radius 3 is 2.14 bits per heavy atom. The fraction of sp³-hybridized carbons (Fsp3) is 0.0909. The van der Waals surface area contributed by atoms with Crippen LogP contribution in [0.15, 0.2) is 41.4 Å². The van der Waals surface area contributed by atoms with Gasteiger partial charge in [0.05, 0.1) is 10.6 Å². The average Bonchev–Trinajstić information content (AvgIpc) is 2.87. The highest BCUT2D eigenvalue weighted by molar-refractivity contribution is 7.92. The number of alkyl halides is 3. The standard InChI is InChI=1S/C11H7F3N2O4S/c12-11(13,14)21(19,20)8-3-1-7(2-4-8)16-6-5-9(15-16)10(17)18/h1-6H,(H,17,18). The molecule has 1 N–H and O–H groups in total. The van der Waals surface area contributed by atoms with Gasteiger partial charge in [-0.2, -0.15) is 18.3 Å². The van der Waals surface area contributed by atoms with E-state index in [2.05, 4.69) is 5.10 Å². The summed E-state index contributed by atoms with van der Waals surface area (Å²) in [5.41, 5.74) is -5.40. The summed E-state index contributed by atoms with van der Waals surface area (Å²) >= 11 is 0. The summed E-state index contributed by atoms with van der Waals surface area (Å²) in [5.74, 6) is -1.26. The van der Waals surface area contributed by atoms with Crippen molar-refractivity contribution in [3.8, 4) is 5.69 Å². The molecule has 2 aromatic rings. The van der Waals surface area contributed by atoms with E-state index < -0.39 is 26.2 Å². The fourth-order valence-electron chi connectivity index (χ4n) is 1.49. The van der Waals surface area contributed by atoms with Crippen molar-refractivity contribution in [3.63, 3.8) is 0 Å². The quantitative estimate of drug-likeness (QED) is 0.932. The normalized spacial score (nSPS) is 12.3. The van der Waals surface area contributed by atoms with E-state index in [0.29, 0.717) is 0 Å². The number of hydrogen-bond acceptors (Lipinski definition) is 4. The molecule has 0 unspecified atom stereocenters. The minimum atomic E-state index is -5.41. The SMILES string of the molecule is O=C(O)c1ccn(-c2ccc(S(=O)(=O)C(F)(F)F)cc2)n1. The molecule has 0 aliphatic heterocycles. The lowest BCUT2D eigenvalue weighted by Crippen LogP contribution is -2.23. The van der Waals surface area contributed by atoms with Gasteiger partial charge in [-0.1, -0.05) is 0 Å². The number of hydrogen-bond donors (Lipinski definition) is 1. The van der Waals surface area contributed by atoms with Crippen LogP contribution in [-0.4, -0.2) is 34.8 Å². The van der Waals surface area contributed by atoms with E-state index in [1.165, 1.54) is 12.3 Å². The van der Waals surface area contributed by atoms with Crippen molar-refractivity contribution in [3.05, 3.63) is 42.2 Å². The number of benzene rings is 1. The molecule has 0 saturated carbocycles. The lowest BCUT2D eigenvalue weighted by atomic mass is 10.3. The second kappa shape index (κ2) is 4.88. The number of sulfone groups is 1. The van der Waals surface area contributed by atoms with Gasteiger partial charge in [-0.25, -0.2) is 17.9 Å². The molecule has 1 heterocycles. The van der Waals surface area contributed by atoms with E-state index in [-0.39, 0.29) is 11.4 Å². The molecule has 0 atom stereocenters. The van der Waals surface area contributed by atoms with Crippen LogP contribution in [0.2, 0.25) is 0 Å². The van der Waals surface area contributed by atoms with Gasteiger partial charge in [0.15, 0.2) is 5.69 Å². The molecule has 2 rings (SSSR count). The number of carboxylic acids is 1. The van der Waals surface area contributed by atoms with E-state index >= 15 is 0 Å². The van der Waals surface area contributed by atoms with Crippen LogP contribution in [-0.2, 0) is 9.84 Å². The van der Waals surface area contributed by atoms with Crippen LogP contribution in [0, 0.1) is 0 Å². The molecule has 1 aromatic heterocycles. The molecule has 21 heavy (non-hydrogen) atoms. The summed E-state index contributed by atoms with van der Waals surface area (Å²) in [6, 6.07) is 4.94. The smallest absolute Gasteiger partial charge is 0.476 e. The Bertz CT molecular complexity index is 779. The summed E-state index contributed by atoms with van der Waals surface area (Å²) in [4.78, 5) is 9.76. The molecule has 0 bridgehead atoms. The molecular weight excluding hydrogens is 313 g/mol. The first-order chi connectivity index (χ1) is 9.63. The van der Waals surface area contributed by atoms with Gasteiger partial charge in [0.25, 0.3) is 9.84 Å². The second-order valence-corrected chi connectivity index (χ2v) is 5.83. The summed E-state index contributed by atoms with van der Waals surface area (Å²) in [5, 5.41) is 12.4. The highest BCUT2D eigenvalue weighted by Gasteiger charge is 2.46. The molecule has 6 nitrogen and oxygen atoms in total. The maximum Gasteiger partial charge on any atom is 0.501 e. The fourth-order valence-corrected chi connectivity index (χ4v) is 2.26. The van der Waals surface area contributed by atoms with Crippen LogP contribution in [0.3, 0.4) is 0 Å². The lowest BCUT2D eigenvalue weighted by molar-refractivity contribution is -0.0436. The van der Waals surface area contributed by atoms with E-state index in [4.69, 9.17) is 5.11 Å². The minimum Gasteiger partial charge on any atom is -0.476 e. The second-order valence-electron chi connectivity index (χ2n) is 3.89.